The van der Waals surface area contributed by atoms with Gasteiger partial charge in [0.15, 0.2) is 0 Å². The third kappa shape index (κ3) is 2.71. The Labute approximate surface area is 75.3 Å². The highest BCUT2D eigenvalue weighted by molar-refractivity contribution is 5.78. The lowest BCUT2D eigenvalue weighted by Crippen LogP contribution is -2.31. The van der Waals surface area contributed by atoms with Crippen LogP contribution in [0.15, 0.2) is 0 Å². The highest BCUT2D eigenvalue weighted by Crippen LogP contribution is 2.39. The molecule has 0 aromatic heterocycles. The van der Waals surface area contributed by atoms with Crippen LogP contribution in [0.1, 0.15) is 32.6 Å². The predicted molar refractivity (Wildman–Crippen MR) is 42.2 cm³/mol. The first-order valence-electron chi connectivity index (χ1n) is 4.48. The summed E-state index contributed by atoms with van der Waals surface area (Å²) in [6.07, 6.45) is -2.78. The number of carbonyl (C=O) groups is 1. The average Bonchev–Trinajstić information content (AvgIpc) is 2.03. The summed E-state index contributed by atoms with van der Waals surface area (Å²) in [6, 6.07) is 0. The van der Waals surface area contributed by atoms with Crippen LogP contribution in [0.3, 0.4) is 0 Å². The molecule has 2 unspecified atom stereocenters. The van der Waals surface area contributed by atoms with Crippen LogP contribution in [0.5, 0.6) is 0 Å². The van der Waals surface area contributed by atoms with Gasteiger partial charge in [0.25, 0.3) is 0 Å². The van der Waals surface area contributed by atoms with E-state index < -0.39 is 12.1 Å². The van der Waals surface area contributed by atoms with Crippen molar-refractivity contribution in [2.75, 3.05) is 0 Å². The first-order valence-corrected chi connectivity index (χ1v) is 4.48. The van der Waals surface area contributed by atoms with E-state index in [1.54, 1.807) is 0 Å². The van der Waals surface area contributed by atoms with Crippen LogP contribution in [-0.4, -0.2) is 12.0 Å². The number of hydrogen-bond acceptors (Lipinski definition) is 1. The summed E-state index contributed by atoms with van der Waals surface area (Å²) in [6.45, 7) is 1.38. The summed E-state index contributed by atoms with van der Waals surface area (Å²) in [5.74, 6) is -1.72. The second kappa shape index (κ2) is 3.68. The lowest BCUT2D eigenvalue weighted by molar-refractivity contribution is -0.185. The SMILES string of the molecule is CC(=O)C1CCCC(C(F)(F)F)C1. The van der Waals surface area contributed by atoms with Crippen molar-refractivity contribution in [3.05, 3.63) is 0 Å². The molecule has 0 amide bonds. The Kier molecular flexibility index (Phi) is 2.98. The lowest BCUT2D eigenvalue weighted by atomic mass is 9.79. The maximum atomic E-state index is 12.3. The zero-order chi connectivity index (χ0) is 10.1. The van der Waals surface area contributed by atoms with Gasteiger partial charge in [0, 0.05) is 5.92 Å². The van der Waals surface area contributed by atoms with Crippen molar-refractivity contribution in [1.29, 1.82) is 0 Å². The van der Waals surface area contributed by atoms with Crippen molar-refractivity contribution in [2.45, 2.75) is 38.8 Å². The fourth-order valence-electron chi connectivity index (χ4n) is 1.86. The van der Waals surface area contributed by atoms with Crippen molar-refractivity contribution in [1.82, 2.24) is 0 Å². The largest absolute Gasteiger partial charge is 0.391 e. The molecule has 0 saturated heterocycles. The van der Waals surface area contributed by atoms with Crippen LogP contribution in [-0.2, 0) is 4.79 Å². The topological polar surface area (TPSA) is 17.1 Å². The van der Waals surface area contributed by atoms with Crippen molar-refractivity contribution in [2.24, 2.45) is 11.8 Å². The maximum absolute atomic E-state index is 12.3. The molecule has 1 aliphatic carbocycles. The van der Waals surface area contributed by atoms with Gasteiger partial charge in [-0.3, -0.25) is 4.79 Å². The molecule has 1 nitrogen and oxygen atoms in total. The van der Waals surface area contributed by atoms with E-state index in [9.17, 15) is 18.0 Å². The Bertz CT molecular complexity index is 198. The Morgan fingerprint density at radius 2 is 1.92 bits per heavy atom. The van der Waals surface area contributed by atoms with E-state index in [4.69, 9.17) is 0 Å². The number of ketones is 1. The first kappa shape index (κ1) is 10.5. The van der Waals surface area contributed by atoms with Gasteiger partial charge in [-0.2, -0.15) is 13.2 Å². The minimum absolute atomic E-state index is 0.00116. The molecule has 0 aliphatic heterocycles. The van der Waals surface area contributed by atoms with Gasteiger partial charge in [-0.05, 0) is 26.2 Å². The van der Waals surface area contributed by atoms with Gasteiger partial charge in [-0.15, -0.1) is 0 Å². The molecule has 0 radical (unpaired) electrons. The Morgan fingerprint density at radius 3 is 2.38 bits per heavy atom. The second-order valence-electron chi connectivity index (χ2n) is 3.71. The van der Waals surface area contributed by atoms with Gasteiger partial charge in [-0.1, -0.05) is 6.42 Å². The zero-order valence-corrected chi connectivity index (χ0v) is 7.53. The van der Waals surface area contributed by atoms with Crippen molar-refractivity contribution in [3.8, 4) is 0 Å². The summed E-state index contributed by atoms with van der Waals surface area (Å²) in [4.78, 5) is 10.9. The van der Waals surface area contributed by atoms with Crippen LogP contribution in [0.2, 0.25) is 0 Å². The van der Waals surface area contributed by atoms with Crippen molar-refractivity contribution in [3.63, 3.8) is 0 Å². The van der Waals surface area contributed by atoms with Gasteiger partial charge in [0.1, 0.15) is 5.78 Å². The van der Waals surface area contributed by atoms with E-state index in [1.807, 2.05) is 0 Å². The monoisotopic (exact) mass is 194 g/mol. The van der Waals surface area contributed by atoms with E-state index in [0.717, 1.165) is 0 Å². The molecule has 1 rings (SSSR count). The molecule has 76 valence electrons. The molecule has 1 fully saturated rings. The number of hydrogen-bond donors (Lipinski definition) is 0. The standard InChI is InChI=1S/C9H13F3O/c1-6(13)7-3-2-4-8(5-7)9(10,11)12/h7-8H,2-5H2,1H3. The fraction of sp³-hybridized carbons (Fsp3) is 0.889. The molecule has 0 bridgehead atoms. The molecule has 13 heavy (non-hydrogen) atoms. The summed E-state index contributed by atoms with van der Waals surface area (Å²) in [5.41, 5.74) is 0. The molecular formula is C9H13F3O. The van der Waals surface area contributed by atoms with Gasteiger partial charge in [0.05, 0.1) is 5.92 Å². The van der Waals surface area contributed by atoms with Gasteiger partial charge in [-0.25, -0.2) is 0 Å². The molecular weight excluding hydrogens is 181 g/mol. The quantitative estimate of drug-likeness (QED) is 0.627. The van der Waals surface area contributed by atoms with E-state index >= 15 is 0 Å². The fourth-order valence-corrected chi connectivity index (χ4v) is 1.86. The maximum Gasteiger partial charge on any atom is 0.391 e. The number of rotatable bonds is 1. The summed E-state index contributed by atoms with van der Waals surface area (Å²) in [7, 11) is 0. The van der Waals surface area contributed by atoms with Crippen molar-refractivity contribution >= 4 is 5.78 Å². The van der Waals surface area contributed by atoms with E-state index in [0.29, 0.717) is 12.8 Å². The zero-order valence-electron chi connectivity index (χ0n) is 7.53. The summed E-state index contributed by atoms with van der Waals surface area (Å²) >= 11 is 0. The molecule has 4 heteroatoms. The summed E-state index contributed by atoms with van der Waals surface area (Å²) in [5, 5.41) is 0. The number of halogens is 3. The highest BCUT2D eigenvalue weighted by Gasteiger charge is 2.42. The molecule has 1 aliphatic rings. The number of carbonyl (C=O) groups excluding carboxylic acids is 1. The molecule has 0 heterocycles. The third-order valence-electron chi connectivity index (χ3n) is 2.71. The Hall–Kier alpha value is -0.540. The minimum Gasteiger partial charge on any atom is -0.300 e. The molecule has 2 atom stereocenters. The highest BCUT2D eigenvalue weighted by atomic mass is 19.4. The number of Topliss-reactive ketones (excluding diaryl/α,β-unsaturated/α-hetero) is 1. The van der Waals surface area contributed by atoms with Crippen molar-refractivity contribution < 1.29 is 18.0 Å². The summed E-state index contributed by atoms with van der Waals surface area (Å²) < 4.78 is 36.8. The normalized spacial score (nSPS) is 30.2. The molecule has 0 spiro atoms. The first-order chi connectivity index (χ1) is 5.91. The number of alkyl halides is 3. The van der Waals surface area contributed by atoms with Crippen LogP contribution >= 0.6 is 0 Å². The van der Waals surface area contributed by atoms with Crippen LogP contribution in [0.4, 0.5) is 13.2 Å². The third-order valence-corrected chi connectivity index (χ3v) is 2.71. The lowest BCUT2D eigenvalue weighted by Gasteiger charge is -2.28. The molecule has 0 N–H and O–H groups in total. The van der Waals surface area contributed by atoms with E-state index in [-0.39, 0.29) is 24.5 Å². The molecule has 1 saturated carbocycles. The Morgan fingerprint density at radius 1 is 1.31 bits per heavy atom. The van der Waals surface area contributed by atoms with Crippen LogP contribution < -0.4 is 0 Å². The minimum atomic E-state index is -4.12. The van der Waals surface area contributed by atoms with Gasteiger partial charge < -0.3 is 0 Å². The smallest absolute Gasteiger partial charge is 0.300 e. The van der Waals surface area contributed by atoms with Gasteiger partial charge in [0.2, 0.25) is 0 Å². The van der Waals surface area contributed by atoms with Gasteiger partial charge >= 0.3 is 6.18 Å². The van der Waals surface area contributed by atoms with Crippen LogP contribution in [0, 0.1) is 11.8 Å². The predicted octanol–water partition coefficient (Wildman–Crippen LogP) is 2.94. The average molecular weight is 194 g/mol. The van der Waals surface area contributed by atoms with Crippen LogP contribution in [0.25, 0.3) is 0 Å². The molecule has 0 aromatic carbocycles. The molecule has 0 aromatic rings. The second-order valence-corrected chi connectivity index (χ2v) is 3.71. The van der Waals surface area contributed by atoms with E-state index in [1.165, 1.54) is 6.92 Å². The van der Waals surface area contributed by atoms with E-state index in [2.05, 4.69) is 0 Å². The Balaban J connectivity index is 2.57.